The Kier molecular flexibility index (Phi) is 6.88. The largest absolute Gasteiger partial charge is 0.428 e. The number of amides is 3. The lowest BCUT2D eigenvalue weighted by molar-refractivity contribution is -0.136. The fourth-order valence-corrected chi connectivity index (χ4v) is 6.18. The second-order valence-corrected chi connectivity index (χ2v) is 11.1. The van der Waals surface area contributed by atoms with Crippen LogP contribution in [0.3, 0.4) is 0 Å². The van der Waals surface area contributed by atoms with E-state index in [-0.39, 0.29) is 35.5 Å². The van der Waals surface area contributed by atoms with E-state index < -0.39 is 6.04 Å². The molecule has 0 bridgehead atoms. The highest BCUT2D eigenvalue weighted by molar-refractivity contribution is 6.05. The topological polar surface area (TPSA) is 127 Å². The Labute approximate surface area is 222 Å². The minimum absolute atomic E-state index is 0.0122. The van der Waals surface area contributed by atoms with Crippen LogP contribution in [0.2, 0.25) is 0 Å². The number of benzene rings is 2. The third-order valence-corrected chi connectivity index (χ3v) is 8.06. The van der Waals surface area contributed by atoms with E-state index in [2.05, 4.69) is 36.2 Å². The van der Waals surface area contributed by atoms with Gasteiger partial charge in [0.05, 0.1) is 0 Å². The van der Waals surface area contributed by atoms with Crippen molar-refractivity contribution in [2.45, 2.75) is 58.2 Å². The molecule has 9 heteroatoms. The van der Waals surface area contributed by atoms with E-state index >= 15 is 0 Å². The van der Waals surface area contributed by atoms with E-state index in [1.807, 2.05) is 30.3 Å². The van der Waals surface area contributed by atoms with Crippen LogP contribution in [0.4, 0.5) is 0 Å². The molecular weight excluding hydrogens is 482 g/mol. The SMILES string of the molecule is CC1(C)CN(Cc2ccc(C(=N)OC=N)cc2)CCC1c1ccc2c(c1)CN(C1CCC(=O)NC1=O)C2=O. The quantitative estimate of drug-likeness (QED) is 0.309. The molecule has 0 saturated carbocycles. The molecular formula is C29H33N5O4. The Morgan fingerprint density at radius 3 is 2.58 bits per heavy atom. The van der Waals surface area contributed by atoms with Gasteiger partial charge < -0.3 is 9.64 Å². The van der Waals surface area contributed by atoms with E-state index in [9.17, 15) is 14.4 Å². The molecule has 3 aliphatic rings. The highest BCUT2D eigenvalue weighted by atomic mass is 16.5. The van der Waals surface area contributed by atoms with Crippen LogP contribution in [0.5, 0.6) is 0 Å². The van der Waals surface area contributed by atoms with Crippen molar-refractivity contribution < 1.29 is 19.1 Å². The molecule has 0 radical (unpaired) electrons. The van der Waals surface area contributed by atoms with Crippen molar-refractivity contribution in [3.8, 4) is 0 Å². The minimum atomic E-state index is -0.598. The predicted molar refractivity (Wildman–Crippen MR) is 142 cm³/mol. The highest BCUT2D eigenvalue weighted by Crippen LogP contribution is 2.43. The number of ether oxygens (including phenoxy) is 1. The van der Waals surface area contributed by atoms with Crippen molar-refractivity contribution in [1.82, 2.24) is 15.1 Å². The Hall–Kier alpha value is -3.85. The number of likely N-dealkylation sites (tertiary alicyclic amines) is 1. The summed E-state index contributed by atoms with van der Waals surface area (Å²) in [7, 11) is 0. The van der Waals surface area contributed by atoms with Crippen LogP contribution >= 0.6 is 0 Å². The summed E-state index contributed by atoms with van der Waals surface area (Å²) in [4.78, 5) is 41.0. The molecule has 2 atom stereocenters. The van der Waals surface area contributed by atoms with Crippen molar-refractivity contribution >= 4 is 30.0 Å². The molecule has 0 aromatic heterocycles. The average molecular weight is 516 g/mol. The van der Waals surface area contributed by atoms with Gasteiger partial charge in [-0.25, -0.2) is 0 Å². The third kappa shape index (κ3) is 4.98. The maximum atomic E-state index is 13.1. The minimum Gasteiger partial charge on any atom is -0.428 e. The maximum Gasteiger partial charge on any atom is 0.255 e. The van der Waals surface area contributed by atoms with E-state index in [1.54, 1.807) is 4.90 Å². The molecule has 0 spiro atoms. The monoisotopic (exact) mass is 515 g/mol. The zero-order valence-corrected chi connectivity index (χ0v) is 21.8. The molecule has 3 heterocycles. The number of carbonyl (C=O) groups is 3. The van der Waals surface area contributed by atoms with E-state index in [4.69, 9.17) is 15.6 Å². The van der Waals surface area contributed by atoms with Gasteiger partial charge in [-0.3, -0.25) is 35.4 Å². The number of hydrogen-bond acceptors (Lipinski definition) is 7. The Bertz CT molecular complexity index is 1300. The second-order valence-electron chi connectivity index (χ2n) is 11.1. The van der Waals surface area contributed by atoms with Crippen molar-refractivity contribution in [3.05, 3.63) is 70.3 Å². The van der Waals surface area contributed by atoms with Gasteiger partial charge >= 0.3 is 0 Å². The molecule has 2 fully saturated rings. The van der Waals surface area contributed by atoms with E-state index in [1.165, 1.54) is 5.56 Å². The molecule has 3 N–H and O–H groups in total. The molecule has 2 aromatic rings. The maximum absolute atomic E-state index is 13.1. The number of fused-ring (bicyclic) bond motifs is 1. The fraction of sp³-hybridized carbons (Fsp3) is 0.414. The van der Waals surface area contributed by atoms with Crippen molar-refractivity contribution in [1.29, 1.82) is 10.8 Å². The van der Waals surface area contributed by atoms with Crippen molar-refractivity contribution in [3.63, 3.8) is 0 Å². The molecule has 2 unspecified atom stereocenters. The molecule has 3 amide bonds. The molecule has 2 aromatic carbocycles. The van der Waals surface area contributed by atoms with E-state index in [0.29, 0.717) is 30.0 Å². The van der Waals surface area contributed by atoms with Gasteiger partial charge in [-0.05, 0) is 65.6 Å². The molecule has 198 valence electrons. The van der Waals surface area contributed by atoms with Crippen LogP contribution in [-0.4, -0.2) is 59.0 Å². The lowest BCUT2D eigenvalue weighted by Gasteiger charge is -2.45. The first-order valence-corrected chi connectivity index (χ1v) is 13.0. The number of carbonyl (C=O) groups excluding carboxylic acids is 3. The van der Waals surface area contributed by atoms with Crippen LogP contribution in [0.25, 0.3) is 0 Å². The Morgan fingerprint density at radius 1 is 1.13 bits per heavy atom. The van der Waals surface area contributed by atoms with Gasteiger partial charge in [0, 0.05) is 37.2 Å². The lowest BCUT2D eigenvalue weighted by atomic mass is 9.70. The third-order valence-electron chi connectivity index (χ3n) is 8.06. The number of imide groups is 1. The smallest absolute Gasteiger partial charge is 0.255 e. The van der Waals surface area contributed by atoms with Crippen LogP contribution in [0, 0.1) is 16.2 Å². The number of rotatable bonds is 6. The summed E-state index contributed by atoms with van der Waals surface area (Å²) >= 11 is 0. The first kappa shape index (κ1) is 25.8. The number of piperidine rings is 2. The standard InChI is InChI=1S/C29H33N5O4/c1-29(2)16-33(14-18-3-5-19(6-4-18)26(31)38-17-30)12-11-23(29)20-7-8-22-21(13-20)15-34(28(22)37)24-9-10-25(35)32-27(24)36/h3-8,13,17,23-24,30-31H,9-12,14-16H2,1-2H3,(H,32,35,36). The summed E-state index contributed by atoms with van der Waals surface area (Å²) in [5, 5.41) is 17.2. The highest BCUT2D eigenvalue weighted by Gasteiger charge is 2.41. The van der Waals surface area contributed by atoms with Crippen molar-refractivity contribution in [2.24, 2.45) is 5.41 Å². The van der Waals surface area contributed by atoms with Crippen LogP contribution in [-0.2, 0) is 27.4 Å². The number of nitrogens with zero attached hydrogens (tertiary/aromatic N) is 2. The molecule has 3 aliphatic heterocycles. The summed E-state index contributed by atoms with van der Waals surface area (Å²) in [6.07, 6.45) is 2.37. The van der Waals surface area contributed by atoms with Crippen LogP contribution in [0.15, 0.2) is 42.5 Å². The first-order valence-electron chi connectivity index (χ1n) is 13.0. The fourth-order valence-electron chi connectivity index (χ4n) is 6.18. The van der Waals surface area contributed by atoms with Gasteiger partial charge in [0.1, 0.15) is 6.04 Å². The van der Waals surface area contributed by atoms with Crippen LogP contribution < -0.4 is 5.32 Å². The zero-order valence-electron chi connectivity index (χ0n) is 21.8. The predicted octanol–water partition coefficient (Wildman–Crippen LogP) is 3.41. The van der Waals surface area contributed by atoms with Crippen molar-refractivity contribution in [2.75, 3.05) is 13.1 Å². The van der Waals surface area contributed by atoms with Gasteiger partial charge in [0.2, 0.25) is 17.7 Å². The zero-order chi connectivity index (χ0) is 27.0. The molecule has 5 rings (SSSR count). The first-order chi connectivity index (χ1) is 18.2. The Morgan fingerprint density at radius 2 is 1.89 bits per heavy atom. The second kappa shape index (κ2) is 10.1. The lowest BCUT2D eigenvalue weighted by Crippen LogP contribution is -2.52. The average Bonchev–Trinajstić information content (AvgIpc) is 3.19. The summed E-state index contributed by atoms with van der Waals surface area (Å²) in [5.74, 6) is -0.503. The normalized spacial score (nSPS) is 23.1. The molecule has 9 nitrogen and oxygen atoms in total. The van der Waals surface area contributed by atoms with Gasteiger partial charge in [-0.2, -0.15) is 0 Å². The van der Waals surface area contributed by atoms with Gasteiger partial charge in [-0.15, -0.1) is 0 Å². The molecule has 0 aliphatic carbocycles. The summed E-state index contributed by atoms with van der Waals surface area (Å²) < 4.78 is 4.84. The van der Waals surface area contributed by atoms with Crippen LogP contribution in [0.1, 0.15) is 71.6 Å². The summed E-state index contributed by atoms with van der Waals surface area (Å²) in [5.41, 5.74) is 4.64. The summed E-state index contributed by atoms with van der Waals surface area (Å²) in [6, 6.07) is 13.2. The van der Waals surface area contributed by atoms with E-state index in [0.717, 1.165) is 43.6 Å². The Balaban J connectivity index is 1.25. The van der Waals surface area contributed by atoms with Gasteiger partial charge in [0.15, 0.2) is 6.40 Å². The molecule has 2 saturated heterocycles. The summed E-state index contributed by atoms with van der Waals surface area (Å²) in [6.45, 7) is 7.65. The number of hydrogen-bond donors (Lipinski definition) is 3. The molecule has 38 heavy (non-hydrogen) atoms. The van der Waals surface area contributed by atoms with Gasteiger partial charge in [-0.1, -0.05) is 38.1 Å². The number of nitrogens with one attached hydrogen (secondary N) is 3. The van der Waals surface area contributed by atoms with Gasteiger partial charge in [0.25, 0.3) is 5.91 Å².